The van der Waals surface area contributed by atoms with Gasteiger partial charge < -0.3 is 14.7 Å². The van der Waals surface area contributed by atoms with E-state index in [1.165, 1.54) is 6.07 Å². The maximum Gasteiger partial charge on any atom is 0.308 e. The van der Waals surface area contributed by atoms with Crippen LogP contribution in [0.15, 0.2) is 43.0 Å². The van der Waals surface area contributed by atoms with Crippen LogP contribution < -0.4 is 9.64 Å². The molecule has 24 heavy (non-hydrogen) atoms. The van der Waals surface area contributed by atoms with Crippen LogP contribution in [0.2, 0.25) is 0 Å². The molecule has 2 aromatic rings. The molecule has 0 amide bonds. The summed E-state index contributed by atoms with van der Waals surface area (Å²) in [5.74, 6) is -0.797. The summed E-state index contributed by atoms with van der Waals surface area (Å²) in [5.41, 5.74) is 3.08. The Morgan fingerprint density at radius 2 is 2.12 bits per heavy atom. The number of carboxylic acid groups (broad SMARTS) is 1. The SMILES string of the molecule is C=C1c2ccc(N3CCC(C(=O)O)C3)cc2Oc2c(F)cccc21. The van der Waals surface area contributed by atoms with Crippen LogP contribution in [-0.2, 0) is 4.79 Å². The van der Waals surface area contributed by atoms with Crippen LogP contribution >= 0.6 is 0 Å². The number of aliphatic carboxylic acids is 1. The number of anilines is 1. The Morgan fingerprint density at radius 1 is 1.29 bits per heavy atom. The van der Waals surface area contributed by atoms with Gasteiger partial charge in [-0.1, -0.05) is 18.7 Å². The number of para-hydroxylation sites is 1. The summed E-state index contributed by atoms with van der Waals surface area (Å²) in [6.45, 7) is 5.22. The highest BCUT2D eigenvalue weighted by atomic mass is 19.1. The molecular formula is C19H16FNO3. The second kappa shape index (κ2) is 5.37. The highest BCUT2D eigenvalue weighted by Gasteiger charge is 2.29. The first-order valence-electron chi connectivity index (χ1n) is 7.82. The first-order valence-corrected chi connectivity index (χ1v) is 7.82. The number of hydrogen-bond donors (Lipinski definition) is 1. The van der Waals surface area contributed by atoms with Gasteiger partial charge in [-0.15, -0.1) is 0 Å². The molecule has 4 nitrogen and oxygen atoms in total. The van der Waals surface area contributed by atoms with Gasteiger partial charge in [-0.3, -0.25) is 4.79 Å². The molecule has 4 rings (SSSR count). The number of ether oxygens (including phenoxy) is 1. The zero-order valence-corrected chi connectivity index (χ0v) is 13.0. The molecular weight excluding hydrogens is 309 g/mol. The van der Waals surface area contributed by atoms with Gasteiger partial charge in [-0.2, -0.15) is 0 Å². The molecule has 1 unspecified atom stereocenters. The van der Waals surface area contributed by atoms with Gasteiger partial charge in [0, 0.05) is 36.0 Å². The predicted molar refractivity (Wildman–Crippen MR) is 89.0 cm³/mol. The Kier molecular flexibility index (Phi) is 3.30. The van der Waals surface area contributed by atoms with Crippen LogP contribution in [-0.4, -0.2) is 24.2 Å². The van der Waals surface area contributed by atoms with Gasteiger partial charge in [0.25, 0.3) is 0 Å². The maximum atomic E-state index is 14.0. The number of rotatable bonds is 2. The Bertz CT molecular complexity index is 862. The van der Waals surface area contributed by atoms with Crippen molar-refractivity contribution in [2.45, 2.75) is 6.42 Å². The average Bonchev–Trinajstić information content (AvgIpc) is 3.06. The van der Waals surface area contributed by atoms with Crippen molar-refractivity contribution in [3.05, 3.63) is 59.9 Å². The monoisotopic (exact) mass is 325 g/mol. The van der Waals surface area contributed by atoms with E-state index in [2.05, 4.69) is 6.58 Å². The zero-order valence-electron chi connectivity index (χ0n) is 13.0. The van der Waals surface area contributed by atoms with Crippen LogP contribution in [0.1, 0.15) is 17.5 Å². The molecule has 0 aliphatic carbocycles. The molecule has 0 bridgehead atoms. The molecule has 2 aliphatic rings. The molecule has 1 fully saturated rings. The summed E-state index contributed by atoms with van der Waals surface area (Å²) >= 11 is 0. The van der Waals surface area contributed by atoms with E-state index in [1.54, 1.807) is 12.1 Å². The summed E-state index contributed by atoms with van der Waals surface area (Å²) in [5, 5.41) is 9.14. The van der Waals surface area contributed by atoms with Crippen molar-refractivity contribution in [3.8, 4) is 11.5 Å². The molecule has 0 aromatic heterocycles. The minimum atomic E-state index is -0.768. The summed E-state index contributed by atoms with van der Waals surface area (Å²) < 4.78 is 19.8. The van der Waals surface area contributed by atoms with Crippen molar-refractivity contribution in [1.29, 1.82) is 0 Å². The zero-order chi connectivity index (χ0) is 16.8. The summed E-state index contributed by atoms with van der Waals surface area (Å²) in [6, 6.07) is 10.4. The predicted octanol–water partition coefficient (Wildman–Crippen LogP) is 3.90. The van der Waals surface area contributed by atoms with Crippen LogP contribution in [0.4, 0.5) is 10.1 Å². The minimum Gasteiger partial charge on any atom is -0.481 e. The van der Waals surface area contributed by atoms with Gasteiger partial charge >= 0.3 is 5.97 Å². The van der Waals surface area contributed by atoms with Crippen LogP contribution in [0.25, 0.3) is 5.57 Å². The van der Waals surface area contributed by atoms with Crippen molar-refractivity contribution < 1.29 is 19.0 Å². The van der Waals surface area contributed by atoms with Crippen molar-refractivity contribution in [2.75, 3.05) is 18.0 Å². The number of benzene rings is 2. The van der Waals surface area contributed by atoms with E-state index in [9.17, 15) is 9.18 Å². The summed E-state index contributed by atoms with van der Waals surface area (Å²) in [4.78, 5) is 13.1. The number of hydrogen-bond acceptors (Lipinski definition) is 3. The molecule has 1 saturated heterocycles. The third-order valence-corrected chi connectivity index (χ3v) is 4.70. The first kappa shape index (κ1) is 14.8. The number of carbonyl (C=O) groups is 1. The Balaban J connectivity index is 1.68. The van der Waals surface area contributed by atoms with E-state index >= 15 is 0 Å². The lowest BCUT2D eigenvalue weighted by Crippen LogP contribution is -2.22. The highest BCUT2D eigenvalue weighted by molar-refractivity contribution is 5.87. The van der Waals surface area contributed by atoms with E-state index in [-0.39, 0.29) is 11.7 Å². The normalized spacial score (nSPS) is 18.8. The second-order valence-corrected chi connectivity index (χ2v) is 6.15. The number of halogens is 1. The Hall–Kier alpha value is -2.82. The van der Waals surface area contributed by atoms with Crippen molar-refractivity contribution in [3.63, 3.8) is 0 Å². The molecule has 2 aliphatic heterocycles. The van der Waals surface area contributed by atoms with E-state index in [0.717, 1.165) is 16.8 Å². The second-order valence-electron chi connectivity index (χ2n) is 6.15. The van der Waals surface area contributed by atoms with Gasteiger partial charge in [0.15, 0.2) is 11.6 Å². The fourth-order valence-electron chi connectivity index (χ4n) is 3.34. The van der Waals surface area contributed by atoms with Crippen molar-refractivity contribution in [2.24, 2.45) is 5.92 Å². The Morgan fingerprint density at radius 3 is 2.88 bits per heavy atom. The van der Waals surface area contributed by atoms with E-state index < -0.39 is 11.8 Å². The van der Waals surface area contributed by atoms with Crippen molar-refractivity contribution in [1.82, 2.24) is 0 Å². The molecule has 2 heterocycles. The molecule has 5 heteroatoms. The molecule has 122 valence electrons. The smallest absolute Gasteiger partial charge is 0.308 e. The lowest BCUT2D eigenvalue weighted by molar-refractivity contribution is -0.140. The molecule has 0 radical (unpaired) electrons. The lowest BCUT2D eigenvalue weighted by atomic mass is 9.95. The van der Waals surface area contributed by atoms with Gasteiger partial charge in [-0.25, -0.2) is 4.39 Å². The Labute approximate surface area is 138 Å². The number of fused-ring (bicyclic) bond motifs is 2. The summed E-state index contributed by atoms with van der Waals surface area (Å²) in [7, 11) is 0. The summed E-state index contributed by atoms with van der Waals surface area (Å²) in [6.07, 6.45) is 0.622. The lowest BCUT2D eigenvalue weighted by Gasteiger charge is -2.25. The fraction of sp³-hybridized carbons (Fsp3) is 0.211. The molecule has 0 spiro atoms. The van der Waals surface area contributed by atoms with E-state index in [0.29, 0.717) is 30.8 Å². The maximum absolute atomic E-state index is 14.0. The standard InChI is InChI=1S/C19H16FNO3/c1-11-14-6-5-13(21-8-7-12(10-21)19(22)23)9-17(14)24-18-15(11)3-2-4-16(18)20/h2-6,9,12H,1,7-8,10H2,(H,22,23). The third kappa shape index (κ3) is 2.24. The highest BCUT2D eigenvalue weighted by Crippen LogP contribution is 2.45. The van der Waals surface area contributed by atoms with E-state index in [1.807, 2.05) is 23.1 Å². The minimum absolute atomic E-state index is 0.192. The fourth-order valence-corrected chi connectivity index (χ4v) is 3.34. The molecule has 2 aromatic carbocycles. The van der Waals surface area contributed by atoms with Crippen LogP contribution in [0, 0.1) is 11.7 Å². The van der Waals surface area contributed by atoms with Crippen LogP contribution in [0.3, 0.4) is 0 Å². The van der Waals surface area contributed by atoms with Gasteiger partial charge in [0.05, 0.1) is 5.92 Å². The molecule has 1 atom stereocenters. The topological polar surface area (TPSA) is 49.8 Å². The van der Waals surface area contributed by atoms with Gasteiger partial charge in [-0.05, 0) is 30.2 Å². The molecule has 1 N–H and O–H groups in total. The third-order valence-electron chi connectivity index (χ3n) is 4.70. The molecule has 0 saturated carbocycles. The number of carboxylic acids is 1. The van der Waals surface area contributed by atoms with Gasteiger partial charge in [0.1, 0.15) is 5.75 Å². The van der Waals surface area contributed by atoms with Gasteiger partial charge in [0.2, 0.25) is 0 Å². The quantitative estimate of drug-likeness (QED) is 0.776. The average molecular weight is 325 g/mol. The first-order chi connectivity index (χ1) is 11.5. The van der Waals surface area contributed by atoms with Crippen molar-refractivity contribution >= 4 is 17.2 Å². The number of nitrogens with zero attached hydrogens (tertiary/aromatic N) is 1. The largest absolute Gasteiger partial charge is 0.481 e. The van der Waals surface area contributed by atoms with E-state index in [4.69, 9.17) is 9.84 Å². The van der Waals surface area contributed by atoms with Crippen LogP contribution in [0.5, 0.6) is 11.5 Å².